The smallest absolute Gasteiger partial charge is 0.337 e. The van der Waals surface area contributed by atoms with Gasteiger partial charge in [0, 0.05) is 31.5 Å². The van der Waals surface area contributed by atoms with Crippen molar-refractivity contribution in [3.8, 4) is 0 Å². The Labute approximate surface area is 181 Å². The SMILES string of the molecule is COC(=O)c1cccc(NC(=O)N2CCN(Cc3ccc(C)cc3)c3ncccc32)c1. The summed E-state index contributed by atoms with van der Waals surface area (Å²) in [4.78, 5) is 33.2. The lowest BCUT2D eigenvalue weighted by Gasteiger charge is -2.36. The molecule has 4 rings (SSSR count). The van der Waals surface area contributed by atoms with Gasteiger partial charge in [0.2, 0.25) is 0 Å². The molecular formula is C24H24N4O3. The van der Waals surface area contributed by atoms with Crippen molar-refractivity contribution in [1.82, 2.24) is 4.98 Å². The number of fused-ring (bicyclic) bond motifs is 1. The van der Waals surface area contributed by atoms with Crippen molar-refractivity contribution in [3.05, 3.63) is 83.6 Å². The lowest BCUT2D eigenvalue weighted by atomic mass is 10.1. The number of pyridine rings is 1. The fraction of sp³-hybridized carbons (Fsp3) is 0.208. The Morgan fingerprint density at radius 2 is 1.87 bits per heavy atom. The maximum absolute atomic E-state index is 13.0. The summed E-state index contributed by atoms with van der Waals surface area (Å²) in [6.07, 6.45) is 1.74. The van der Waals surface area contributed by atoms with Crippen LogP contribution >= 0.6 is 0 Å². The molecule has 0 saturated carbocycles. The van der Waals surface area contributed by atoms with Crippen LogP contribution in [-0.2, 0) is 11.3 Å². The van der Waals surface area contributed by atoms with E-state index < -0.39 is 5.97 Å². The molecule has 0 bridgehead atoms. The van der Waals surface area contributed by atoms with E-state index in [0.29, 0.717) is 24.3 Å². The monoisotopic (exact) mass is 416 g/mol. The average molecular weight is 416 g/mol. The number of nitrogens with one attached hydrogen (secondary N) is 1. The minimum atomic E-state index is -0.449. The summed E-state index contributed by atoms with van der Waals surface area (Å²) < 4.78 is 4.75. The van der Waals surface area contributed by atoms with E-state index in [2.05, 4.69) is 46.4 Å². The van der Waals surface area contributed by atoms with Gasteiger partial charge >= 0.3 is 12.0 Å². The molecule has 1 aliphatic heterocycles. The number of urea groups is 1. The van der Waals surface area contributed by atoms with Crippen molar-refractivity contribution in [3.63, 3.8) is 0 Å². The number of rotatable bonds is 4. The summed E-state index contributed by atoms with van der Waals surface area (Å²) in [5.41, 5.74) is 4.08. The van der Waals surface area contributed by atoms with Gasteiger partial charge in [-0.3, -0.25) is 4.90 Å². The van der Waals surface area contributed by atoms with Gasteiger partial charge in [0.05, 0.1) is 18.4 Å². The highest BCUT2D eigenvalue weighted by molar-refractivity contribution is 6.04. The molecule has 1 N–H and O–H groups in total. The van der Waals surface area contributed by atoms with E-state index in [1.54, 1.807) is 35.4 Å². The molecule has 0 spiro atoms. The second kappa shape index (κ2) is 8.87. The van der Waals surface area contributed by atoms with E-state index in [1.807, 2.05) is 12.1 Å². The molecule has 158 valence electrons. The fourth-order valence-corrected chi connectivity index (χ4v) is 3.60. The number of amides is 2. The lowest BCUT2D eigenvalue weighted by Crippen LogP contribution is -2.46. The number of ether oxygens (including phenoxy) is 1. The highest BCUT2D eigenvalue weighted by Crippen LogP contribution is 2.32. The highest BCUT2D eigenvalue weighted by Gasteiger charge is 2.28. The highest BCUT2D eigenvalue weighted by atomic mass is 16.5. The van der Waals surface area contributed by atoms with E-state index in [0.717, 1.165) is 18.1 Å². The number of aryl methyl sites for hydroxylation is 1. The molecule has 7 nitrogen and oxygen atoms in total. The van der Waals surface area contributed by atoms with Crippen LogP contribution in [0.2, 0.25) is 0 Å². The zero-order chi connectivity index (χ0) is 21.8. The first-order valence-corrected chi connectivity index (χ1v) is 10.1. The molecule has 0 radical (unpaired) electrons. The van der Waals surface area contributed by atoms with Crippen LogP contribution in [0.15, 0.2) is 66.9 Å². The number of hydrogen-bond donors (Lipinski definition) is 1. The van der Waals surface area contributed by atoms with Gasteiger partial charge in [0.25, 0.3) is 0 Å². The molecule has 2 heterocycles. The van der Waals surface area contributed by atoms with Crippen molar-refractivity contribution in [2.45, 2.75) is 13.5 Å². The Morgan fingerprint density at radius 1 is 1.06 bits per heavy atom. The van der Waals surface area contributed by atoms with Crippen molar-refractivity contribution >= 4 is 29.2 Å². The molecule has 0 aliphatic carbocycles. The van der Waals surface area contributed by atoms with Gasteiger partial charge < -0.3 is 15.0 Å². The molecule has 1 aromatic heterocycles. The summed E-state index contributed by atoms with van der Waals surface area (Å²) in [6.45, 7) is 3.97. The van der Waals surface area contributed by atoms with Gasteiger partial charge in [0.15, 0.2) is 5.82 Å². The predicted octanol–water partition coefficient (Wildman–Crippen LogP) is 4.24. The minimum absolute atomic E-state index is 0.272. The van der Waals surface area contributed by atoms with E-state index >= 15 is 0 Å². The third-order valence-electron chi connectivity index (χ3n) is 5.22. The van der Waals surface area contributed by atoms with Crippen LogP contribution in [0.4, 0.5) is 22.0 Å². The lowest BCUT2D eigenvalue weighted by molar-refractivity contribution is 0.0600. The van der Waals surface area contributed by atoms with Crippen LogP contribution in [0.5, 0.6) is 0 Å². The third kappa shape index (κ3) is 4.50. The van der Waals surface area contributed by atoms with E-state index in [4.69, 9.17) is 4.74 Å². The minimum Gasteiger partial charge on any atom is -0.465 e. The number of anilines is 3. The zero-order valence-electron chi connectivity index (χ0n) is 17.5. The van der Waals surface area contributed by atoms with Crippen LogP contribution in [0.3, 0.4) is 0 Å². The van der Waals surface area contributed by atoms with Gasteiger partial charge in [-0.15, -0.1) is 0 Å². The second-order valence-electron chi connectivity index (χ2n) is 7.41. The van der Waals surface area contributed by atoms with Crippen LogP contribution in [0, 0.1) is 6.92 Å². The molecule has 0 saturated heterocycles. The summed E-state index contributed by atoms with van der Waals surface area (Å²) in [6, 6.07) is 18.6. The van der Waals surface area contributed by atoms with E-state index in [-0.39, 0.29) is 6.03 Å². The zero-order valence-corrected chi connectivity index (χ0v) is 17.5. The number of benzene rings is 2. The van der Waals surface area contributed by atoms with Gasteiger partial charge in [-0.1, -0.05) is 35.9 Å². The first-order chi connectivity index (χ1) is 15.0. The Hall–Kier alpha value is -3.87. The topological polar surface area (TPSA) is 74.8 Å². The first kappa shape index (κ1) is 20.4. The number of carbonyl (C=O) groups excluding carboxylic acids is 2. The van der Waals surface area contributed by atoms with Gasteiger partial charge in [-0.2, -0.15) is 0 Å². The van der Waals surface area contributed by atoms with Crippen molar-refractivity contribution in [1.29, 1.82) is 0 Å². The molecule has 0 unspecified atom stereocenters. The Balaban J connectivity index is 1.53. The number of nitrogens with zero attached hydrogens (tertiary/aromatic N) is 3. The largest absolute Gasteiger partial charge is 0.465 e. The average Bonchev–Trinajstić information content (AvgIpc) is 2.80. The molecule has 0 fully saturated rings. The molecule has 2 aromatic carbocycles. The third-order valence-corrected chi connectivity index (χ3v) is 5.22. The fourth-order valence-electron chi connectivity index (χ4n) is 3.60. The van der Waals surface area contributed by atoms with Crippen molar-refractivity contribution in [2.75, 3.05) is 35.3 Å². The van der Waals surface area contributed by atoms with Crippen molar-refractivity contribution < 1.29 is 14.3 Å². The van der Waals surface area contributed by atoms with Gasteiger partial charge in [0.1, 0.15) is 0 Å². The molecule has 1 aliphatic rings. The molecule has 3 aromatic rings. The normalized spacial score (nSPS) is 12.8. The molecule has 0 atom stereocenters. The molecule has 31 heavy (non-hydrogen) atoms. The molecule has 2 amide bonds. The maximum Gasteiger partial charge on any atom is 0.337 e. The second-order valence-corrected chi connectivity index (χ2v) is 7.41. The molecule has 7 heteroatoms. The van der Waals surface area contributed by atoms with Gasteiger partial charge in [-0.05, 0) is 42.8 Å². The van der Waals surface area contributed by atoms with Crippen LogP contribution in [0.1, 0.15) is 21.5 Å². The summed E-state index contributed by atoms with van der Waals surface area (Å²) in [7, 11) is 1.33. The number of carbonyl (C=O) groups is 2. The van der Waals surface area contributed by atoms with E-state index in [9.17, 15) is 9.59 Å². The first-order valence-electron chi connectivity index (χ1n) is 10.1. The van der Waals surface area contributed by atoms with Crippen LogP contribution < -0.4 is 15.1 Å². The molecular weight excluding hydrogens is 392 g/mol. The quantitative estimate of drug-likeness (QED) is 0.644. The number of methoxy groups -OCH3 is 1. The van der Waals surface area contributed by atoms with Crippen LogP contribution in [-0.4, -0.2) is 37.2 Å². The Kier molecular flexibility index (Phi) is 5.84. The van der Waals surface area contributed by atoms with E-state index in [1.165, 1.54) is 18.2 Å². The predicted molar refractivity (Wildman–Crippen MR) is 121 cm³/mol. The van der Waals surface area contributed by atoms with Crippen molar-refractivity contribution in [2.24, 2.45) is 0 Å². The summed E-state index contributed by atoms with van der Waals surface area (Å²) in [5, 5.41) is 2.88. The Morgan fingerprint density at radius 3 is 2.65 bits per heavy atom. The van der Waals surface area contributed by atoms with Gasteiger partial charge in [-0.25, -0.2) is 14.6 Å². The standard InChI is InChI=1S/C24H24N4O3/c1-17-8-10-18(11-9-17)16-27-13-14-28(21-7-4-12-25-22(21)27)24(30)26-20-6-3-5-19(15-20)23(29)31-2/h3-12,15H,13-14,16H2,1-2H3,(H,26,30). The Bertz CT molecular complexity index is 1100. The maximum atomic E-state index is 13.0. The number of aromatic nitrogens is 1. The van der Waals surface area contributed by atoms with Crippen LogP contribution in [0.25, 0.3) is 0 Å². The number of hydrogen-bond acceptors (Lipinski definition) is 5. The summed E-state index contributed by atoms with van der Waals surface area (Å²) >= 11 is 0. The number of esters is 1. The summed E-state index contributed by atoms with van der Waals surface area (Å²) in [5.74, 6) is 0.322.